The van der Waals surface area contributed by atoms with E-state index in [2.05, 4.69) is 10.3 Å². The molecule has 12 heteroatoms. The van der Waals surface area contributed by atoms with Crippen molar-refractivity contribution in [2.45, 2.75) is 42.5 Å². The lowest BCUT2D eigenvalue weighted by atomic mass is 9.90. The van der Waals surface area contributed by atoms with Crippen molar-refractivity contribution in [1.29, 1.82) is 0 Å². The van der Waals surface area contributed by atoms with Gasteiger partial charge in [0.2, 0.25) is 21.7 Å². The number of ketones is 1. The molecule has 0 saturated heterocycles. The van der Waals surface area contributed by atoms with Crippen LogP contribution in [-0.2, 0) is 29.0 Å². The summed E-state index contributed by atoms with van der Waals surface area (Å²) >= 11 is 0. The van der Waals surface area contributed by atoms with E-state index in [0.29, 0.717) is 0 Å². The SMILES string of the molecule is CC(C)[C@H](CC(=O)N1c2ccccc2S(=O)(=O)c2cnccc21)C(=O)NC(CC(=O)O)C(=O)CF. The zero-order valence-corrected chi connectivity index (χ0v) is 19.8. The maximum absolute atomic E-state index is 13.5. The molecule has 0 saturated carbocycles. The molecule has 2 amide bonds. The Morgan fingerprint density at radius 1 is 1.06 bits per heavy atom. The first-order chi connectivity index (χ1) is 16.5. The van der Waals surface area contributed by atoms with E-state index in [4.69, 9.17) is 5.11 Å². The van der Waals surface area contributed by atoms with Crippen molar-refractivity contribution in [3.63, 3.8) is 0 Å². The van der Waals surface area contributed by atoms with Gasteiger partial charge in [-0.15, -0.1) is 0 Å². The largest absolute Gasteiger partial charge is 0.481 e. The van der Waals surface area contributed by atoms with Crippen molar-refractivity contribution in [2.75, 3.05) is 11.6 Å². The van der Waals surface area contributed by atoms with Crippen LogP contribution in [0.4, 0.5) is 15.8 Å². The van der Waals surface area contributed by atoms with Gasteiger partial charge in [-0.25, -0.2) is 12.8 Å². The number of halogens is 1. The van der Waals surface area contributed by atoms with Crippen LogP contribution in [0.3, 0.4) is 0 Å². The Bertz CT molecular complexity index is 1230. The molecule has 0 bridgehead atoms. The minimum Gasteiger partial charge on any atom is -0.481 e. The first-order valence-electron chi connectivity index (χ1n) is 10.7. The standard InChI is InChI=1S/C23H24FN3O7S/c1-13(2)14(23(32)26-15(10-22(30)31)18(28)11-24)9-21(29)27-16-5-3-4-6-19(16)35(33,34)20-12-25-8-7-17(20)27/h3-8,12-15H,9-11H2,1-2H3,(H,26,32)(H,30,31)/t14-,15?/m0/s1. The number of hydrogen-bond donors (Lipinski definition) is 2. The quantitative estimate of drug-likeness (QED) is 0.526. The Labute approximate surface area is 201 Å². The molecular weight excluding hydrogens is 481 g/mol. The normalized spacial score (nSPS) is 15.5. The molecular formula is C23H24FN3O7S. The molecule has 1 aromatic carbocycles. The third-order valence-electron chi connectivity index (χ3n) is 5.69. The lowest BCUT2D eigenvalue weighted by Gasteiger charge is -2.32. The number of carboxylic acid groups (broad SMARTS) is 1. The summed E-state index contributed by atoms with van der Waals surface area (Å²) < 4.78 is 39.0. The van der Waals surface area contributed by atoms with Crippen molar-refractivity contribution < 1.29 is 37.1 Å². The highest BCUT2D eigenvalue weighted by molar-refractivity contribution is 7.92. The van der Waals surface area contributed by atoms with E-state index in [0.717, 1.165) is 6.20 Å². The number of Topliss-reactive ketones (excluding diaryl/α,β-unsaturated/α-hetero) is 1. The summed E-state index contributed by atoms with van der Waals surface area (Å²) in [6.07, 6.45) is 1.30. The van der Waals surface area contributed by atoms with Crippen molar-refractivity contribution in [2.24, 2.45) is 11.8 Å². The Kier molecular flexibility index (Phi) is 7.64. The highest BCUT2D eigenvalue weighted by Gasteiger charge is 2.39. The second-order valence-electron chi connectivity index (χ2n) is 8.36. The van der Waals surface area contributed by atoms with Crippen LogP contribution >= 0.6 is 0 Å². The molecule has 2 atom stereocenters. The Morgan fingerprint density at radius 3 is 2.34 bits per heavy atom. The molecule has 186 valence electrons. The minimum absolute atomic E-state index is 0.0861. The number of aromatic nitrogens is 1. The van der Waals surface area contributed by atoms with Gasteiger partial charge in [-0.3, -0.25) is 29.1 Å². The minimum atomic E-state index is -3.93. The molecule has 1 aromatic heterocycles. The second kappa shape index (κ2) is 10.3. The van der Waals surface area contributed by atoms with Gasteiger partial charge in [0.15, 0.2) is 5.78 Å². The van der Waals surface area contributed by atoms with Crippen molar-refractivity contribution >= 4 is 44.8 Å². The number of carbonyl (C=O) groups excluding carboxylic acids is 3. The van der Waals surface area contributed by atoms with Crippen molar-refractivity contribution in [3.8, 4) is 0 Å². The zero-order valence-electron chi connectivity index (χ0n) is 19.0. The van der Waals surface area contributed by atoms with Crippen LogP contribution in [-0.4, -0.2) is 54.8 Å². The van der Waals surface area contributed by atoms with Crippen LogP contribution in [0.25, 0.3) is 0 Å². The highest BCUT2D eigenvalue weighted by Crippen LogP contribution is 2.44. The fourth-order valence-corrected chi connectivity index (χ4v) is 5.42. The number of alkyl halides is 1. The average Bonchev–Trinajstić information content (AvgIpc) is 2.81. The van der Waals surface area contributed by atoms with E-state index in [1.807, 2.05) is 0 Å². The molecule has 1 unspecified atom stereocenters. The molecule has 2 N–H and O–H groups in total. The summed E-state index contributed by atoms with van der Waals surface area (Å²) in [6.45, 7) is 1.87. The number of hydrogen-bond acceptors (Lipinski definition) is 7. The van der Waals surface area contributed by atoms with Gasteiger partial charge in [0.05, 0.1) is 22.7 Å². The third kappa shape index (κ3) is 5.21. The maximum atomic E-state index is 13.5. The van der Waals surface area contributed by atoms with Gasteiger partial charge < -0.3 is 10.4 Å². The van der Waals surface area contributed by atoms with Crippen LogP contribution in [0.5, 0.6) is 0 Å². The number of amides is 2. The number of nitrogens with one attached hydrogen (secondary N) is 1. The molecule has 1 aliphatic heterocycles. The van der Waals surface area contributed by atoms with Gasteiger partial charge in [0, 0.05) is 24.7 Å². The van der Waals surface area contributed by atoms with Gasteiger partial charge in [0.25, 0.3) is 0 Å². The summed E-state index contributed by atoms with van der Waals surface area (Å²) in [6, 6.07) is 5.75. The lowest BCUT2D eigenvalue weighted by Crippen LogP contribution is -2.47. The molecule has 0 aliphatic carbocycles. The van der Waals surface area contributed by atoms with E-state index < -0.39 is 64.4 Å². The number of anilines is 2. The Balaban J connectivity index is 1.94. The van der Waals surface area contributed by atoms with Crippen molar-refractivity contribution in [1.82, 2.24) is 10.3 Å². The number of sulfone groups is 1. The van der Waals surface area contributed by atoms with E-state index in [1.165, 1.54) is 35.4 Å². The van der Waals surface area contributed by atoms with Gasteiger partial charge in [-0.1, -0.05) is 26.0 Å². The van der Waals surface area contributed by atoms with E-state index >= 15 is 0 Å². The molecule has 10 nitrogen and oxygen atoms in total. The number of nitrogens with zero attached hydrogens (tertiary/aromatic N) is 2. The summed E-state index contributed by atoms with van der Waals surface area (Å²) in [7, 11) is -3.93. The van der Waals surface area contributed by atoms with Crippen molar-refractivity contribution in [3.05, 3.63) is 42.7 Å². The number of carboxylic acids is 1. The summed E-state index contributed by atoms with van der Waals surface area (Å²) in [5.41, 5.74) is 0.207. The summed E-state index contributed by atoms with van der Waals surface area (Å²) in [4.78, 5) is 54.1. The summed E-state index contributed by atoms with van der Waals surface area (Å²) in [5.74, 6) is -5.31. The second-order valence-corrected chi connectivity index (χ2v) is 10.2. The highest BCUT2D eigenvalue weighted by atomic mass is 32.2. The first kappa shape index (κ1) is 25.9. The van der Waals surface area contributed by atoms with Gasteiger partial charge in [0.1, 0.15) is 17.6 Å². The zero-order chi connectivity index (χ0) is 25.9. The maximum Gasteiger partial charge on any atom is 0.305 e. The fraction of sp³-hybridized carbons (Fsp3) is 0.348. The van der Waals surface area contributed by atoms with Crippen LogP contribution < -0.4 is 10.2 Å². The molecule has 0 spiro atoms. The first-order valence-corrected chi connectivity index (χ1v) is 12.2. The number of fused-ring (bicyclic) bond motifs is 2. The number of aliphatic carboxylic acids is 1. The number of pyridine rings is 1. The molecule has 0 radical (unpaired) electrons. The van der Waals surface area contributed by atoms with Crippen LogP contribution in [0.15, 0.2) is 52.5 Å². The van der Waals surface area contributed by atoms with Gasteiger partial charge in [-0.05, 0) is 24.1 Å². The third-order valence-corrected chi connectivity index (χ3v) is 7.51. The Hall–Kier alpha value is -3.67. The Morgan fingerprint density at radius 2 is 1.71 bits per heavy atom. The molecule has 0 fully saturated rings. The lowest BCUT2D eigenvalue weighted by molar-refractivity contribution is -0.141. The number of rotatable bonds is 9. The van der Waals surface area contributed by atoms with Crippen LogP contribution in [0.2, 0.25) is 0 Å². The number of benzene rings is 1. The predicted molar refractivity (Wildman–Crippen MR) is 121 cm³/mol. The topological polar surface area (TPSA) is 151 Å². The predicted octanol–water partition coefficient (Wildman–Crippen LogP) is 2.05. The monoisotopic (exact) mass is 505 g/mol. The molecule has 3 rings (SSSR count). The van der Waals surface area contributed by atoms with E-state index in [1.54, 1.807) is 19.9 Å². The van der Waals surface area contributed by atoms with E-state index in [-0.39, 0.29) is 27.6 Å². The molecule has 1 aliphatic rings. The van der Waals surface area contributed by atoms with Crippen LogP contribution in [0.1, 0.15) is 26.7 Å². The van der Waals surface area contributed by atoms with Crippen LogP contribution in [0, 0.1) is 11.8 Å². The average molecular weight is 506 g/mol. The molecule has 35 heavy (non-hydrogen) atoms. The molecule has 2 heterocycles. The number of carbonyl (C=O) groups is 4. The van der Waals surface area contributed by atoms with Gasteiger partial charge >= 0.3 is 5.97 Å². The molecule has 2 aromatic rings. The fourth-order valence-electron chi connectivity index (χ4n) is 3.85. The summed E-state index contributed by atoms with van der Waals surface area (Å²) in [5, 5.41) is 11.2. The smallest absolute Gasteiger partial charge is 0.305 e. The van der Waals surface area contributed by atoms with E-state index in [9.17, 15) is 32.0 Å². The number of para-hydroxylation sites is 1. The van der Waals surface area contributed by atoms with Gasteiger partial charge in [-0.2, -0.15) is 0 Å².